The number of nitrogens with one attached hydrogen (secondary N) is 1. The Balaban J connectivity index is 0.000000508. The fourth-order valence-corrected chi connectivity index (χ4v) is 3.26. The number of aromatic nitrogens is 2. The van der Waals surface area contributed by atoms with Crippen molar-refractivity contribution in [3.05, 3.63) is 80.4 Å². The number of nitrogens with zero attached hydrogens (tertiary/aromatic N) is 2. The SMILES string of the molecule is C.COC(C)(OC)OC.Cc1nnc(Cc2cccc(Br)c2)o1.NNC(=O)Cc1cccc(Br)c1. The van der Waals surface area contributed by atoms with Crippen LogP contribution < -0.4 is 11.3 Å². The molecular formula is C24H34Br2N4O5. The zero-order valence-electron chi connectivity index (χ0n) is 19.8. The Morgan fingerprint density at radius 3 is 1.91 bits per heavy atom. The third-order valence-electron chi connectivity index (χ3n) is 4.34. The highest BCUT2D eigenvalue weighted by Crippen LogP contribution is 2.15. The Morgan fingerprint density at radius 2 is 1.51 bits per heavy atom. The second kappa shape index (κ2) is 17.3. The molecule has 0 spiro atoms. The first kappa shape index (κ1) is 32.8. The minimum atomic E-state index is -0.875. The van der Waals surface area contributed by atoms with Crippen molar-refractivity contribution in [2.75, 3.05) is 21.3 Å². The van der Waals surface area contributed by atoms with E-state index < -0.39 is 5.97 Å². The summed E-state index contributed by atoms with van der Waals surface area (Å²) in [4.78, 5) is 10.8. The molecule has 3 N–H and O–H groups in total. The molecular weight excluding hydrogens is 584 g/mol. The van der Waals surface area contributed by atoms with Gasteiger partial charge in [-0.05, 0) is 35.4 Å². The summed E-state index contributed by atoms with van der Waals surface area (Å²) in [5.74, 6) is 5.14. The summed E-state index contributed by atoms with van der Waals surface area (Å²) in [7, 11) is 4.56. The Morgan fingerprint density at radius 1 is 1.00 bits per heavy atom. The molecule has 0 aliphatic rings. The monoisotopic (exact) mass is 616 g/mol. The molecule has 1 aromatic heterocycles. The van der Waals surface area contributed by atoms with Crippen LogP contribution >= 0.6 is 31.9 Å². The summed E-state index contributed by atoms with van der Waals surface area (Å²) < 4.78 is 21.7. The van der Waals surface area contributed by atoms with Crippen molar-refractivity contribution in [1.82, 2.24) is 15.6 Å². The maximum absolute atomic E-state index is 10.8. The minimum Gasteiger partial charge on any atom is -0.425 e. The van der Waals surface area contributed by atoms with Crippen LogP contribution in [-0.4, -0.2) is 43.4 Å². The highest BCUT2D eigenvalue weighted by molar-refractivity contribution is 9.10. The van der Waals surface area contributed by atoms with E-state index in [0.717, 1.165) is 20.1 Å². The van der Waals surface area contributed by atoms with Gasteiger partial charge in [-0.2, -0.15) is 0 Å². The standard InChI is InChI=1S/C10H9BrN2O.C8H9BrN2O.C5H12O3.CH4/c1-7-12-13-10(14-7)6-8-3-2-4-9(11)5-8;9-7-3-1-2-6(4-7)5-8(12)11-10;1-5(6-2,7-3)8-4;/h2-5H,6H2,1H3;1-4H,5,10H2,(H,11,12);1-4H3;1H4. The number of benzene rings is 2. The van der Waals surface area contributed by atoms with Crippen LogP contribution in [0.4, 0.5) is 0 Å². The van der Waals surface area contributed by atoms with Crippen molar-refractivity contribution in [3.8, 4) is 0 Å². The number of nitrogens with two attached hydrogens (primary N) is 1. The van der Waals surface area contributed by atoms with Crippen molar-refractivity contribution >= 4 is 37.8 Å². The molecule has 0 radical (unpaired) electrons. The van der Waals surface area contributed by atoms with Crippen LogP contribution in [0, 0.1) is 6.92 Å². The van der Waals surface area contributed by atoms with Crippen LogP contribution in [0.2, 0.25) is 0 Å². The van der Waals surface area contributed by atoms with E-state index in [2.05, 4.69) is 47.5 Å². The number of hydrogen-bond acceptors (Lipinski definition) is 8. The predicted molar refractivity (Wildman–Crippen MR) is 142 cm³/mol. The van der Waals surface area contributed by atoms with Gasteiger partial charge in [0.2, 0.25) is 17.7 Å². The third kappa shape index (κ3) is 13.5. The average molecular weight is 618 g/mol. The zero-order chi connectivity index (χ0) is 25.6. The van der Waals surface area contributed by atoms with E-state index in [4.69, 9.17) is 24.5 Å². The first-order valence-corrected chi connectivity index (χ1v) is 11.7. The van der Waals surface area contributed by atoms with E-state index in [-0.39, 0.29) is 13.3 Å². The van der Waals surface area contributed by atoms with Crippen molar-refractivity contribution in [1.29, 1.82) is 0 Å². The lowest BCUT2D eigenvalue weighted by molar-refractivity contribution is -0.340. The highest BCUT2D eigenvalue weighted by atomic mass is 79.9. The summed E-state index contributed by atoms with van der Waals surface area (Å²) in [6.45, 7) is 3.48. The molecule has 11 heteroatoms. The van der Waals surface area contributed by atoms with Crippen LogP contribution in [0.15, 0.2) is 61.9 Å². The molecule has 35 heavy (non-hydrogen) atoms. The maximum atomic E-state index is 10.8. The van der Waals surface area contributed by atoms with E-state index in [1.165, 1.54) is 21.3 Å². The van der Waals surface area contributed by atoms with Crippen molar-refractivity contribution < 1.29 is 23.4 Å². The summed E-state index contributed by atoms with van der Waals surface area (Å²) >= 11 is 6.73. The van der Waals surface area contributed by atoms with Gasteiger partial charge >= 0.3 is 0 Å². The average Bonchev–Trinajstić information content (AvgIpc) is 3.23. The largest absolute Gasteiger partial charge is 0.425 e. The summed E-state index contributed by atoms with van der Waals surface area (Å²) in [6.07, 6.45) is 0.996. The molecule has 3 rings (SSSR count). The predicted octanol–water partition coefficient (Wildman–Crippen LogP) is 4.95. The van der Waals surface area contributed by atoms with Crippen molar-refractivity contribution in [2.45, 2.75) is 40.1 Å². The van der Waals surface area contributed by atoms with Crippen LogP contribution in [0.25, 0.3) is 0 Å². The zero-order valence-corrected chi connectivity index (χ0v) is 23.0. The molecule has 3 aromatic rings. The summed E-state index contributed by atoms with van der Waals surface area (Å²) in [5.41, 5.74) is 4.17. The van der Waals surface area contributed by atoms with Gasteiger partial charge in [0, 0.05) is 44.1 Å². The third-order valence-corrected chi connectivity index (χ3v) is 5.33. The van der Waals surface area contributed by atoms with Gasteiger partial charge in [-0.1, -0.05) is 63.6 Å². The first-order chi connectivity index (χ1) is 16.1. The second-order valence-corrected chi connectivity index (χ2v) is 8.70. The lowest BCUT2D eigenvalue weighted by Gasteiger charge is -2.23. The molecule has 0 fully saturated rings. The highest BCUT2D eigenvalue weighted by Gasteiger charge is 2.20. The van der Waals surface area contributed by atoms with E-state index in [0.29, 0.717) is 24.6 Å². The molecule has 0 aliphatic heterocycles. The van der Waals surface area contributed by atoms with Crippen molar-refractivity contribution in [2.24, 2.45) is 5.84 Å². The van der Waals surface area contributed by atoms with Crippen LogP contribution in [0.1, 0.15) is 37.3 Å². The number of carbonyl (C=O) groups excluding carboxylic acids is 1. The number of rotatable bonds is 7. The van der Waals surface area contributed by atoms with E-state index in [1.54, 1.807) is 13.8 Å². The number of methoxy groups -OCH3 is 3. The number of ether oxygens (including phenoxy) is 3. The molecule has 0 aliphatic carbocycles. The fraction of sp³-hybridized carbons (Fsp3) is 0.375. The molecule has 0 unspecified atom stereocenters. The Kier molecular flexibility index (Phi) is 16.2. The number of carbonyl (C=O) groups is 1. The molecule has 0 bridgehead atoms. The topological polar surface area (TPSA) is 122 Å². The smallest absolute Gasteiger partial charge is 0.279 e. The first-order valence-electron chi connectivity index (χ1n) is 10.1. The van der Waals surface area contributed by atoms with E-state index in [9.17, 15) is 4.79 Å². The molecule has 1 amide bonds. The fourth-order valence-electron chi connectivity index (χ4n) is 2.36. The minimum absolute atomic E-state index is 0. The molecule has 2 aromatic carbocycles. The van der Waals surface area contributed by atoms with E-state index >= 15 is 0 Å². The molecule has 194 valence electrons. The summed E-state index contributed by atoms with van der Waals surface area (Å²) in [5, 5.41) is 7.72. The number of hydrazine groups is 1. The quantitative estimate of drug-likeness (QED) is 0.165. The van der Waals surface area contributed by atoms with Gasteiger partial charge in [0.15, 0.2) is 0 Å². The maximum Gasteiger partial charge on any atom is 0.279 e. The number of aryl methyl sites for hydroxylation is 1. The lowest BCUT2D eigenvalue weighted by atomic mass is 10.1. The van der Waals surface area contributed by atoms with E-state index in [1.807, 2.05) is 48.5 Å². The number of halogens is 2. The van der Waals surface area contributed by atoms with Gasteiger partial charge in [0.25, 0.3) is 5.97 Å². The van der Waals surface area contributed by atoms with Crippen molar-refractivity contribution in [3.63, 3.8) is 0 Å². The van der Waals surface area contributed by atoms with Gasteiger partial charge in [-0.25, -0.2) is 5.84 Å². The number of amides is 1. The lowest BCUT2D eigenvalue weighted by Crippen LogP contribution is -2.31. The van der Waals surface area contributed by atoms with Crippen LogP contribution in [0.5, 0.6) is 0 Å². The Bertz CT molecular complexity index is 1000. The molecule has 0 saturated heterocycles. The van der Waals surface area contributed by atoms with Crippen LogP contribution in [-0.2, 0) is 31.8 Å². The Labute approximate surface area is 224 Å². The number of hydrogen-bond donors (Lipinski definition) is 2. The van der Waals surface area contributed by atoms with Crippen LogP contribution in [0.3, 0.4) is 0 Å². The van der Waals surface area contributed by atoms with Gasteiger partial charge < -0.3 is 18.6 Å². The molecule has 0 saturated carbocycles. The molecule has 1 heterocycles. The van der Waals surface area contributed by atoms with Gasteiger partial charge in [0.1, 0.15) is 0 Å². The van der Waals surface area contributed by atoms with Gasteiger partial charge in [-0.3, -0.25) is 10.2 Å². The van der Waals surface area contributed by atoms with Gasteiger partial charge in [0.05, 0.1) is 12.8 Å². The summed E-state index contributed by atoms with van der Waals surface area (Å²) in [6, 6.07) is 15.6. The normalized spacial score (nSPS) is 10.2. The molecule has 0 atom stereocenters. The second-order valence-electron chi connectivity index (χ2n) is 6.87. The van der Waals surface area contributed by atoms with Gasteiger partial charge in [-0.15, -0.1) is 10.2 Å². The molecule has 9 nitrogen and oxygen atoms in total. The Hall–Kier alpha value is -2.15.